The Morgan fingerprint density at radius 1 is 0.941 bits per heavy atom. The first-order valence-corrected chi connectivity index (χ1v) is 7.51. The first-order chi connectivity index (χ1) is 8.20. The van der Waals surface area contributed by atoms with Crippen LogP contribution in [0.5, 0.6) is 0 Å². The zero-order chi connectivity index (χ0) is 12.9. The van der Waals surface area contributed by atoms with Crippen molar-refractivity contribution in [2.75, 3.05) is 19.8 Å². The van der Waals surface area contributed by atoms with Crippen LogP contribution in [0.15, 0.2) is 0 Å². The molecule has 0 fully saturated rings. The Balaban J connectivity index is 3.63. The van der Waals surface area contributed by atoms with Crippen LogP contribution < -0.4 is 5.32 Å². The summed E-state index contributed by atoms with van der Waals surface area (Å²) in [6, 6.07) is 0.658. The fourth-order valence-corrected chi connectivity index (χ4v) is 1.94. The highest BCUT2D eigenvalue weighted by molar-refractivity contribution is 4.67. The van der Waals surface area contributed by atoms with Crippen molar-refractivity contribution < 1.29 is 4.74 Å². The molecule has 0 bridgehead atoms. The molecule has 0 aliphatic rings. The lowest BCUT2D eigenvalue weighted by Crippen LogP contribution is -2.31. The minimum atomic E-state index is 0.658. The molecule has 104 valence electrons. The van der Waals surface area contributed by atoms with Gasteiger partial charge in [0.1, 0.15) is 0 Å². The first kappa shape index (κ1) is 16.9. The molecule has 0 saturated carbocycles. The summed E-state index contributed by atoms with van der Waals surface area (Å²) in [4.78, 5) is 0. The molecule has 17 heavy (non-hydrogen) atoms. The van der Waals surface area contributed by atoms with E-state index in [1.807, 2.05) is 0 Å². The number of nitrogens with one attached hydrogen (secondary N) is 1. The molecule has 0 saturated heterocycles. The molecule has 1 unspecified atom stereocenters. The molecule has 0 amide bonds. The standard InChI is InChI=1S/C15H33NO/c1-5-11-16-15(9-7-8-14(3)4)10-13-17-12-6-2/h14-16H,5-13H2,1-4H3. The van der Waals surface area contributed by atoms with E-state index in [4.69, 9.17) is 4.74 Å². The summed E-state index contributed by atoms with van der Waals surface area (Å²) < 4.78 is 5.58. The summed E-state index contributed by atoms with van der Waals surface area (Å²) in [5, 5.41) is 3.64. The van der Waals surface area contributed by atoms with E-state index in [-0.39, 0.29) is 0 Å². The molecule has 1 N–H and O–H groups in total. The average molecular weight is 243 g/mol. The average Bonchev–Trinajstić information content (AvgIpc) is 2.30. The molecular weight excluding hydrogens is 210 g/mol. The van der Waals surface area contributed by atoms with Gasteiger partial charge < -0.3 is 10.1 Å². The number of rotatable bonds is 12. The van der Waals surface area contributed by atoms with Gasteiger partial charge in [-0.05, 0) is 38.1 Å². The third-order valence-electron chi connectivity index (χ3n) is 2.98. The summed E-state index contributed by atoms with van der Waals surface area (Å²) >= 11 is 0. The van der Waals surface area contributed by atoms with Gasteiger partial charge in [0.2, 0.25) is 0 Å². The molecule has 0 rings (SSSR count). The minimum absolute atomic E-state index is 0.658. The molecule has 0 spiro atoms. The Kier molecular flexibility index (Phi) is 12.3. The maximum Gasteiger partial charge on any atom is 0.0480 e. The van der Waals surface area contributed by atoms with Gasteiger partial charge in [-0.1, -0.05) is 40.5 Å². The van der Waals surface area contributed by atoms with Gasteiger partial charge in [-0.3, -0.25) is 0 Å². The Hall–Kier alpha value is -0.0800. The van der Waals surface area contributed by atoms with Crippen LogP contribution in [0.3, 0.4) is 0 Å². The van der Waals surface area contributed by atoms with E-state index in [2.05, 4.69) is 33.0 Å². The molecule has 0 aliphatic heterocycles. The second-order valence-electron chi connectivity index (χ2n) is 5.38. The quantitative estimate of drug-likeness (QED) is 0.523. The fraction of sp³-hybridized carbons (Fsp3) is 1.00. The molecule has 0 aromatic carbocycles. The van der Waals surface area contributed by atoms with Crippen molar-refractivity contribution >= 4 is 0 Å². The van der Waals surface area contributed by atoms with E-state index in [0.717, 1.165) is 38.5 Å². The van der Waals surface area contributed by atoms with Crippen molar-refractivity contribution in [1.82, 2.24) is 5.32 Å². The van der Waals surface area contributed by atoms with Crippen LogP contribution in [0.25, 0.3) is 0 Å². The SMILES string of the molecule is CCCNC(CCCC(C)C)CCOCCC. The Labute approximate surface area is 109 Å². The van der Waals surface area contributed by atoms with Crippen LogP contribution in [0.2, 0.25) is 0 Å². The van der Waals surface area contributed by atoms with Gasteiger partial charge in [0, 0.05) is 19.3 Å². The van der Waals surface area contributed by atoms with Gasteiger partial charge in [0.15, 0.2) is 0 Å². The van der Waals surface area contributed by atoms with Crippen LogP contribution in [-0.4, -0.2) is 25.8 Å². The highest BCUT2D eigenvalue weighted by atomic mass is 16.5. The van der Waals surface area contributed by atoms with Gasteiger partial charge in [-0.2, -0.15) is 0 Å². The normalized spacial score (nSPS) is 13.2. The van der Waals surface area contributed by atoms with Crippen molar-refractivity contribution in [3.05, 3.63) is 0 Å². The summed E-state index contributed by atoms with van der Waals surface area (Å²) in [6.07, 6.45) is 7.50. The lowest BCUT2D eigenvalue weighted by atomic mass is 10.0. The molecule has 0 radical (unpaired) electrons. The molecule has 2 nitrogen and oxygen atoms in total. The van der Waals surface area contributed by atoms with Crippen LogP contribution >= 0.6 is 0 Å². The van der Waals surface area contributed by atoms with Gasteiger partial charge in [0.05, 0.1) is 0 Å². The smallest absolute Gasteiger partial charge is 0.0480 e. The van der Waals surface area contributed by atoms with Crippen LogP contribution in [0.1, 0.15) is 66.2 Å². The number of hydrogen-bond donors (Lipinski definition) is 1. The molecular formula is C15H33NO. The third kappa shape index (κ3) is 12.2. The topological polar surface area (TPSA) is 21.3 Å². The van der Waals surface area contributed by atoms with Crippen molar-refractivity contribution in [1.29, 1.82) is 0 Å². The van der Waals surface area contributed by atoms with Gasteiger partial charge >= 0.3 is 0 Å². The van der Waals surface area contributed by atoms with Crippen LogP contribution in [-0.2, 0) is 4.74 Å². The van der Waals surface area contributed by atoms with E-state index in [9.17, 15) is 0 Å². The minimum Gasteiger partial charge on any atom is -0.381 e. The van der Waals surface area contributed by atoms with E-state index in [1.54, 1.807) is 0 Å². The lowest BCUT2D eigenvalue weighted by Gasteiger charge is -2.19. The predicted octanol–water partition coefficient (Wildman–Crippen LogP) is 4.00. The highest BCUT2D eigenvalue weighted by Gasteiger charge is 2.07. The summed E-state index contributed by atoms with van der Waals surface area (Å²) in [7, 11) is 0. The van der Waals surface area contributed by atoms with Crippen molar-refractivity contribution in [2.45, 2.75) is 72.3 Å². The Morgan fingerprint density at radius 2 is 1.71 bits per heavy atom. The van der Waals surface area contributed by atoms with Crippen molar-refractivity contribution in [2.24, 2.45) is 5.92 Å². The zero-order valence-corrected chi connectivity index (χ0v) is 12.4. The molecule has 1 atom stereocenters. The Morgan fingerprint density at radius 3 is 2.29 bits per heavy atom. The maximum atomic E-state index is 5.58. The molecule has 2 heteroatoms. The number of ether oxygens (including phenoxy) is 1. The largest absolute Gasteiger partial charge is 0.381 e. The first-order valence-electron chi connectivity index (χ1n) is 7.51. The monoisotopic (exact) mass is 243 g/mol. The zero-order valence-electron chi connectivity index (χ0n) is 12.4. The van der Waals surface area contributed by atoms with Crippen molar-refractivity contribution in [3.8, 4) is 0 Å². The van der Waals surface area contributed by atoms with Gasteiger partial charge in [-0.15, -0.1) is 0 Å². The third-order valence-corrected chi connectivity index (χ3v) is 2.98. The molecule has 0 aliphatic carbocycles. The van der Waals surface area contributed by atoms with Crippen LogP contribution in [0, 0.1) is 5.92 Å². The molecule has 0 aromatic heterocycles. The van der Waals surface area contributed by atoms with Crippen LogP contribution in [0.4, 0.5) is 0 Å². The van der Waals surface area contributed by atoms with Gasteiger partial charge in [-0.25, -0.2) is 0 Å². The van der Waals surface area contributed by atoms with E-state index >= 15 is 0 Å². The lowest BCUT2D eigenvalue weighted by molar-refractivity contribution is 0.123. The summed E-state index contributed by atoms with van der Waals surface area (Å²) in [5.41, 5.74) is 0. The van der Waals surface area contributed by atoms with E-state index < -0.39 is 0 Å². The highest BCUT2D eigenvalue weighted by Crippen LogP contribution is 2.10. The summed E-state index contributed by atoms with van der Waals surface area (Å²) in [6.45, 7) is 12.0. The van der Waals surface area contributed by atoms with Crippen molar-refractivity contribution in [3.63, 3.8) is 0 Å². The predicted molar refractivity (Wildman–Crippen MR) is 76.5 cm³/mol. The second kappa shape index (κ2) is 12.4. The summed E-state index contributed by atoms with van der Waals surface area (Å²) in [5.74, 6) is 0.832. The van der Waals surface area contributed by atoms with Gasteiger partial charge in [0.25, 0.3) is 0 Å². The number of hydrogen-bond acceptors (Lipinski definition) is 2. The molecule has 0 aromatic rings. The molecule has 0 heterocycles. The van der Waals surface area contributed by atoms with E-state index in [1.165, 1.54) is 25.7 Å². The fourth-order valence-electron chi connectivity index (χ4n) is 1.94. The van der Waals surface area contributed by atoms with E-state index in [0.29, 0.717) is 6.04 Å². The maximum absolute atomic E-state index is 5.58. The second-order valence-corrected chi connectivity index (χ2v) is 5.38. The Bertz CT molecular complexity index is 148.